The van der Waals surface area contributed by atoms with Crippen molar-refractivity contribution >= 4 is 43.9 Å². The van der Waals surface area contributed by atoms with Crippen LogP contribution in [0.1, 0.15) is 0 Å². The molecule has 0 bridgehead atoms. The molecule has 42 heavy (non-hydrogen) atoms. The zero-order valence-corrected chi connectivity index (χ0v) is 64.8. The van der Waals surface area contributed by atoms with Crippen LogP contribution in [0.3, 0.4) is 0 Å². The molecule has 0 heterocycles. The molecule has 0 fully saturated rings. The number of hydrogen-bond acceptors (Lipinski definition) is 18. The zero-order chi connectivity index (χ0) is 21.5. The normalized spacial score (nSPS) is 3.86. The Balaban J connectivity index is -0.00000000388. The van der Waals surface area contributed by atoms with E-state index in [-0.39, 0.29) is 532 Å². The minimum atomic E-state index is -2.92. The maximum atomic E-state index is 8.42. The Morgan fingerprint density at radius 2 is 0.119 bits per heavy atom. The quantitative estimate of drug-likeness (QED) is 0.206. The van der Waals surface area contributed by atoms with E-state index < -0.39 is 43.9 Å². The molecule has 18 nitrogen and oxygen atoms in total. The van der Waals surface area contributed by atoms with Crippen LogP contribution >= 0.6 is 0 Å². The van der Waals surface area contributed by atoms with Gasteiger partial charge in [-0.05, 0) is 0 Å². The van der Waals surface area contributed by atoms with E-state index in [1.807, 2.05) is 0 Å². The molecule has 42 heteroatoms. The van der Waals surface area contributed by atoms with E-state index in [9.17, 15) is 0 Å². The van der Waals surface area contributed by atoms with Crippen LogP contribution in [0.15, 0.2) is 0 Å². The van der Waals surface area contributed by atoms with Crippen molar-refractivity contribution in [2.75, 3.05) is 0 Å². The molecule has 0 aromatic rings. The Bertz CT molecular complexity index is 136. The molecule has 0 unspecified atom stereocenters. The summed E-state index contributed by atoms with van der Waals surface area (Å²) in [5.74, 6) is 0. The van der Waals surface area contributed by atoms with E-state index in [2.05, 4.69) is 0 Å². The van der Waals surface area contributed by atoms with Crippen molar-refractivity contribution < 1.29 is 622 Å². The maximum Gasteiger partial charge on any atom is 1.00 e. The van der Waals surface area contributed by atoms with Crippen molar-refractivity contribution in [2.24, 2.45) is 0 Å². The second kappa shape index (κ2) is 153. The van der Waals surface area contributed by atoms with Gasteiger partial charge in [0, 0.05) is 0 Å². The average molecular weight is 767 g/mol. The minimum absolute atomic E-state index is 0. The fourth-order valence-electron chi connectivity index (χ4n) is 0. The third-order valence-corrected chi connectivity index (χ3v) is 0. The molecule has 0 aliphatic rings. The molecule has 0 rings (SSSR count). The van der Waals surface area contributed by atoms with Crippen molar-refractivity contribution in [3.63, 3.8) is 0 Å². The summed E-state index contributed by atoms with van der Waals surface area (Å²) in [4.78, 5) is 0. The van der Waals surface area contributed by atoms with Gasteiger partial charge >= 0.3 is 532 Å². The molecule has 0 amide bonds. The summed E-state index contributed by atoms with van der Waals surface area (Å²) >= 11 is 0. The first-order chi connectivity index (χ1) is 10.4. The molecule has 0 radical (unpaired) electrons. The molecular weight excluding hydrogens is 767 g/mol. The standard InChI is InChI=1S/6BO3.18Na/c6*2-1(3)4;;;;;;;;;;;;;;;;;;/q6*-3;18*+1. The van der Waals surface area contributed by atoms with E-state index in [4.69, 9.17) is 90.4 Å². The second-order valence-electron chi connectivity index (χ2n) is 1.73. The molecule has 0 aromatic heterocycles. The summed E-state index contributed by atoms with van der Waals surface area (Å²) < 4.78 is 0. The predicted octanol–water partition coefficient (Wildman–Crippen LogP) is -77.6. The Kier molecular flexibility index (Phi) is 589. The van der Waals surface area contributed by atoms with Gasteiger partial charge < -0.3 is 90.4 Å². The molecule has 0 aromatic carbocycles. The van der Waals surface area contributed by atoms with Gasteiger partial charge in [0.1, 0.15) is 0 Å². The molecule has 0 atom stereocenters. The van der Waals surface area contributed by atoms with Gasteiger partial charge in [0.25, 0.3) is 0 Å². The Morgan fingerprint density at radius 3 is 0.119 bits per heavy atom. The van der Waals surface area contributed by atoms with Gasteiger partial charge in [-0.1, -0.05) is 0 Å². The van der Waals surface area contributed by atoms with Gasteiger partial charge in [0.15, 0.2) is 0 Å². The molecule has 0 saturated heterocycles. The van der Waals surface area contributed by atoms with Crippen molar-refractivity contribution in [3.8, 4) is 0 Å². The van der Waals surface area contributed by atoms with Crippen LogP contribution in [0.5, 0.6) is 0 Å². The summed E-state index contributed by atoms with van der Waals surface area (Å²) in [5, 5.41) is 152. The van der Waals surface area contributed by atoms with E-state index >= 15 is 0 Å². The van der Waals surface area contributed by atoms with Gasteiger partial charge in [-0.25, -0.2) is 0 Å². The first kappa shape index (κ1) is 161. The molecule has 0 aliphatic heterocycles. The van der Waals surface area contributed by atoms with E-state index in [0.29, 0.717) is 0 Å². The Hall–Kier alpha value is 17.7. The Morgan fingerprint density at radius 1 is 0.119 bits per heavy atom. The third-order valence-electron chi connectivity index (χ3n) is 0. The van der Waals surface area contributed by atoms with Gasteiger partial charge in [0.05, 0.1) is 0 Å². The molecule has 0 saturated carbocycles. The van der Waals surface area contributed by atoms with E-state index in [0.717, 1.165) is 0 Å². The molecular formula is B6Na18O18. The average Bonchev–Trinajstić information content (AvgIpc) is 2.08. The monoisotopic (exact) mass is 768 g/mol. The van der Waals surface area contributed by atoms with Crippen LogP contribution in [-0.2, 0) is 0 Å². The number of hydrogen-bond donors (Lipinski definition) is 0. The molecule has 0 N–H and O–H groups in total. The summed E-state index contributed by atoms with van der Waals surface area (Å²) in [5.41, 5.74) is 0. The van der Waals surface area contributed by atoms with Crippen LogP contribution in [-0.4, -0.2) is 43.9 Å². The van der Waals surface area contributed by atoms with Crippen molar-refractivity contribution in [3.05, 3.63) is 0 Å². The van der Waals surface area contributed by atoms with Crippen molar-refractivity contribution in [1.29, 1.82) is 0 Å². The van der Waals surface area contributed by atoms with Gasteiger partial charge in [0.2, 0.25) is 0 Å². The second-order valence-corrected chi connectivity index (χ2v) is 1.73. The number of rotatable bonds is 0. The maximum absolute atomic E-state index is 8.42. The van der Waals surface area contributed by atoms with Crippen LogP contribution in [0, 0.1) is 0 Å². The summed E-state index contributed by atoms with van der Waals surface area (Å²) in [7, 11) is -17.5. The van der Waals surface area contributed by atoms with Crippen LogP contribution < -0.4 is 622 Å². The smallest absolute Gasteiger partial charge is 0.907 e. The minimum Gasteiger partial charge on any atom is -0.907 e. The summed E-state index contributed by atoms with van der Waals surface area (Å²) in [6.45, 7) is 0. The molecule has 0 spiro atoms. The van der Waals surface area contributed by atoms with Gasteiger partial charge in [-0.15, -0.1) is 0 Å². The van der Waals surface area contributed by atoms with Crippen LogP contribution in [0.25, 0.3) is 0 Å². The topological polar surface area (TPSA) is 415 Å². The van der Waals surface area contributed by atoms with Crippen molar-refractivity contribution in [2.45, 2.75) is 0 Å². The first-order valence-corrected chi connectivity index (χ1v) is 4.24. The fraction of sp³-hybridized carbons (Fsp3) is 0. The largest absolute Gasteiger partial charge is 1.00 e. The van der Waals surface area contributed by atoms with Crippen molar-refractivity contribution in [1.82, 2.24) is 0 Å². The van der Waals surface area contributed by atoms with Crippen LogP contribution in [0.2, 0.25) is 0 Å². The van der Waals surface area contributed by atoms with Gasteiger partial charge in [-0.3, -0.25) is 43.9 Å². The summed E-state index contributed by atoms with van der Waals surface area (Å²) in [6.07, 6.45) is 0. The molecule has 0 aliphatic carbocycles. The predicted molar refractivity (Wildman–Crippen MR) is 34.5 cm³/mol. The fourth-order valence-corrected chi connectivity index (χ4v) is 0. The van der Waals surface area contributed by atoms with Gasteiger partial charge in [-0.2, -0.15) is 0 Å². The van der Waals surface area contributed by atoms with Crippen LogP contribution in [0.4, 0.5) is 0 Å². The zero-order valence-electron chi connectivity index (χ0n) is 28.8. The third kappa shape index (κ3) is 593. The molecule has 144 valence electrons. The first-order valence-electron chi connectivity index (χ1n) is 4.24. The van der Waals surface area contributed by atoms with E-state index in [1.165, 1.54) is 0 Å². The SMILES string of the molecule is [Na+].[Na+].[Na+].[Na+].[Na+].[Na+].[Na+].[Na+].[Na+].[Na+].[Na+].[Na+].[Na+].[Na+].[Na+].[Na+].[Na+].[Na+].[O-]B([O-])[O-].[O-]B([O-])[O-].[O-]B([O-])[O-].[O-]B([O-])[O-].[O-]B([O-])[O-].[O-]B([O-])[O-]. The summed E-state index contributed by atoms with van der Waals surface area (Å²) in [6, 6.07) is 0. The Labute approximate surface area is 647 Å². The van der Waals surface area contributed by atoms with E-state index in [1.54, 1.807) is 0 Å².